The van der Waals surface area contributed by atoms with Gasteiger partial charge in [0.15, 0.2) is 0 Å². The average Bonchev–Trinajstić information content (AvgIpc) is 2.74. The summed E-state index contributed by atoms with van der Waals surface area (Å²) in [6, 6.07) is 17.7. The van der Waals surface area contributed by atoms with Crippen molar-refractivity contribution in [3.8, 4) is 0 Å². The van der Waals surface area contributed by atoms with Crippen molar-refractivity contribution >= 4 is 16.9 Å². The molecule has 0 aliphatic rings. The van der Waals surface area contributed by atoms with E-state index in [1.165, 1.54) is 17.0 Å². The van der Waals surface area contributed by atoms with Gasteiger partial charge in [0, 0.05) is 19.5 Å². The van der Waals surface area contributed by atoms with E-state index in [0.717, 1.165) is 28.5 Å². The fraction of sp³-hybridized carbons (Fsp3) is 0.346. The van der Waals surface area contributed by atoms with Crippen LogP contribution in [0, 0.1) is 0 Å². The summed E-state index contributed by atoms with van der Waals surface area (Å²) in [5.74, 6) is 0. The van der Waals surface area contributed by atoms with Gasteiger partial charge in [-0.05, 0) is 54.8 Å². The number of carbonyl (C=O) groups is 1. The number of alkyl halides is 4. The highest BCUT2D eigenvalue weighted by Gasteiger charge is 2.31. The Labute approximate surface area is 191 Å². The summed E-state index contributed by atoms with van der Waals surface area (Å²) in [7, 11) is 0. The van der Waals surface area contributed by atoms with Crippen LogP contribution in [0.4, 0.5) is 22.4 Å². The van der Waals surface area contributed by atoms with Gasteiger partial charge in [-0.15, -0.1) is 0 Å². The van der Waals surface area contributed by atoms with Crippen LogP contribution in [0.2, 0.25) is 0 Å². The lowest BCUT2D eigenvalue weighted by Gasteiger charge is -2.28. The minimum absolute atomic E-state index is 0.0183. The van der Waals surface area contributed by atoms with Crippen LogP contribution in [-0.4, -0.2) is 23.1 Å². The molecule has 0 bridgehead atoms. The summed E-state index contributed by atoms with van der Waals surface area (Å²) in [6.07, 6.45) is -6.98. The van der Waals surface area contributed by atoms with Crippen molar-refractivity contribution in [3.63, 3.8) is 0 Å². The maximum atomic E-state index is 14.9. The Morgan fingerprint density at radius 3 is 2.33 bits per heavy atom. The molecule has 1 unspecified atom stereocenters. The summed E-state index contributed by atoms with van der Waals surface area (Å²) < 4.78 is 59.4. The lowest BCUT2D eigenvalue weighted by Crippen LogP contribution is -2.37. The number of amides is 1. The number of fused-ring (bicyclic) bond motifs is 1. The predicted molar refractivity (Wildman–Crippen MR) is 121 cm³/mol. The lowest BCUT2D eigenvalue weighted by atomic mass is 10.0. The van der Waals surface area contributed by atoms with Gasteiger partial charge in [0.1, 0.15) is 11.8 Å². The van der Waals surface area contributed by atoms with Crippen LogP contribution in [0.3, 0.4) is 0 Å². The van der Waals surface area contributed by atoms with E-state index in [2.05, 4.69) is 0 Å². The van der Waals surface area contributed by atoms with Crippen molar-refractivity contribution < 1.29 is 27.1 Å². The zero-order chi connectivity index (χ0) is 24.2. The molecule has 0 fully saturated rings. The first-order chi connectivity index (χ1) is 15.4. The fourth-order valence-corrected chi connectivity index (χ4v) is 3.54. The predicted octanol–water partition coefficient (Wildman–Crippen LogP) is 7.70. The smallest absolute Gasteiger partial charge is 0.416 e. The van der Waals surface area contributed by atoms with Crippen LogP contribution in [0.5, 0.6) is 0 Å². The van der Waals surface area contributed by atoms with E-state index < -0.39 is 29.6 Å². The van der Waals surface area contributed by atoms with Crippen LogP contribution < -0.4 is 0 Å². The normalized spacial score (nSPS) is 13.1. The second-order valence-electron chi connectivity index (χ2n) is 8.92. The van der Waals surface area contributed by atoms with Crippen molar-refractivity contribution in [2.75, 3.05) is 6.54 Å². The molecule has 0 heterocycles. The second kappa shape index (κ2) is 9.81. The van der Waals surface area contributed by atoms with Crippen molar-refractivity contribution in [2.45, 2.75) is 51.7 Å². The van der Waals surface area contributed by atoms with Crippen LogP contribution >= 0.6 is 0 Å². The Kier molecular flexibility index (Phi) is 7.30. The Bertz CT molecular complexity index is 1100. The SMILES string of the molecule is CC(C)(C)OC(=O)N(CCC(F)c1cccc(C(F)(F)F)c1)Cc1cccc2ccccc12. The number of rotatable bonds is 6. The molecule has 0 saturated heterocycles. The molecule has 0 radical (unpaired) electrons. The molecule has 3 aromatic rings. The van der Waals surface area contributed by atoms with E-state index in [4.69, 9.17) is 4.74 Å². The van der Waals surface area contributed by atoms with E-state index in [0.29, 0.717) is 0 Å². The largest absolute Gasteiger partial charge is 0.444 e. The van der Waals surface area contributed by atoms with Gasteiger partial charge in [0.05, 0.1) is 5.56 Å². The number of halogens is 4. The summed E-state index contributed by atoms with van der Waals surface area (Å²) in [5.41, 5.74) is -0.848. The summed E-state index contributed by atoms with van der Waals surface area (Å²) >= 11 is 0. The Morgan fingerprint density at radius 1 is 0.970 bits per heavy atom. The second-order valence-corrected chi connectivity index (χ2v) is 8.92. The molecular formula is C26H27F4NO2. The van der Waals surface area contributed by atoms with E-state index in [9.17, 15) is 22.4 Å². The zero-order valence-corrected chi connectivity index (χ0v) is 18.8. The molecule has 0 N–H and O–H groups in total. The van der Waals surface area contributed by atoms with Crippen molar-refractivity contribution in [3.05, 3.63) is 83.4 Å². The highest BCUT2D eigenvalue weighted by atomic mass is 19.4. The standard InChI is InChI=1S/C26H27F4NO2/c1-25(2,3)33-24(32)31(17-20-11-6-9-18-8-4-5-13-22(18)20)15-14-23(27)19-10-7-12-21(16-19)26(28,29)30/h4-13,16,23H,14-15,17H2,1-3H3. The first kappa shape index (κ1) is 24.6. The Balaban J connectivity index is 1.81. The molecular weight excluding hydrogens is 434 g/mol. The molecule has 0 saturated carbocycles. The third kappa shape index (κ3) is 6.70. The van der Waals surface area contributed by atoms with Gasteiger partial charge >= 0.3 is 12.3 Å². The third-order valence-corrected chi connectivity index (χ3v) is 5.12. The molecule has 0 aromatic heterocycles. The summed E-state index contributed by atoms with van der Waals surface area (Å²) in [6.45, 7) is 5.38. The van der Waals surface area contributed by atoms with E-state index in [1.54, 1.807) is 20.8 Å². The van der Waals surface area contributed by atoms with Crippen molar-refractivity contribution in [1.82, 2.24) is 4.90 Å². The molecule has 0 aliphatic carbocycles. The number of nitrogens with zero attached hydrogens (tertiary/aromatic N) is 1. The monoisotopic (exact) mass is 461 g/mol. The molecule has 3 nitrogen and oxygen atoms in total. The van der Waals surface area contributed by atoms with Crippen molar-refractivity contribution in [2.24, 2.45) is 0 Å². The molecule has 33 heavy (non-hydrogen) atoms. The topological polar surface area (TPSA) is 29.5 Å². The zero-order valence-electron chi connectivity index (χ0n) is 18.8. The average molecular weight is 461 g/mol. The molecule has 7 heteroatoms. The van der Waals surface area contributed by atoms with Gasteiger partial charge in [-0.25, -0.2) is 9.18 Å². The van der Waals surface area contributed by atoms with Gasteiger partial charge < -0.3 is 9.64 Å². The molecule has 3 aromatic carbocycles. The molecule has 1 atom stereocenters. The van der Waals surface area contributed by atoms with Gasteiger partial charge in [0.25, 0.3) is 0 Å². The number of hydrogen-bond acceptors (Lipinski definition) is 2. The highest BCUT2D eigenvalue weighted by molar-refractivity contribution is 5.86. The van der Waals surface area contributed by atoms with Gasteiger partial charge in [-0.2, -0.15) is 13.2 Å². The van der Waals surface area contributed by atoms with E-state index in [1.807, 2.05) is 42.5 Å². The van der Waals surface area contributed by atoms with Gasteiger partial charge in [-0.1, -0.05) is 54.6 Å². The molecule has 0 spiro atoms. The molecule has 176 valence electrons. The van der Waals surface area contributed by atoms with Crippen molar-refractivity contribution in [1.29, 1.82) is 0 Å². The quantitative estimate of drug-likeness (QED) is 0.352. The van der Waals surface area contributed by atoms with Crippen LogP contribution in [0.15, 0.2) is 66.7 Å². The first-order valence-corrected chi connectivity index (χ1v) is 10.7. The molecule has 0 aliphatic heterocycles. The van der Waals surface area contributed by atoms with Crippen LogP contribution in [0.25, 0.3) is 10.8 Å². The van der Waals surface area contributed by atoms with Crippen LogP contribution in [0.1, 0.15) is 50.1 Å². The maximum absolute atomic E-state index is 14.9. The number of hydrogen-bond donors (Lipinski definition) is 0. The lowest BCUT2D eigenvalue weighted by molar-refractivity contribution is -0.137. The first-order valence-electron chi connectivity index (χ1n) is 10.7. The number of carbonyl (C=O) groups excluding carboxylic acids is 1. The molecule has 1 amide bonds. The number of ether oxygens (including phenoxy) is 1. The van der Waals surface area contributed by atoms with Gasteiger partial charge in [-0.3, -0.25) is 0 Å². The van der Waals surface area contributed by atoms with E-state index >= 15 is 0 Å². The maximum Gasteiger partial charge on any atom is 0.416 e. The summed E-state index contributed by atoms with van der Waals surface area (Å²) in [4.78, 5) is 14.3. The third-order valence-electron chi connectivity index (χ3n) is 5.12. The minimum Gasteiger partial charge on any atom is -0.444 e. The van der Waals surface area contributed by atoms with E-state index in [-0.39, 0.29) is 25.1 Å². The Morgan fingerprint density at radius 2 is 1.64 bits per heavy atom. The Hall–Kier alpha value is -3.09. The van der Waals surface area contributed by atoms with Crippen LogP contribution in [-0.2, 0) is 17.5 Å². The summed E-state index contributed by atoms with van der Waals surface area (Å²) in [5, 5.41) is 1.97. The molecule has 3 rings (SSSR count). The minimum atomic E-state index is -4.55. The van der Waals surface area contributed by atoms with Gasteiger partial charge in [0.2, 0.25) is 0 Å². The fourth-order valence-electron chi connectivity index (χ4n) is 3.54. The highest BCUT2D eigenvalue weighted by Crippen LogP contribution is 2.32. The number of benzene rings is 3.